The molecule has 8 N–H and O–H groups in total. The second-order valence-electron chi connectivity index (χ2n) is 19.5. The first-order chi connectivity index (χ1) is 37.9. The number of para-hydroxylation sites is 1. The molecule has 0 spiro atoms. The zero-order chi connectivity index (χ0) is 55.0. The second-order valence-corrected chi connectivity index (χ2v) is 19.5. The van der Waals surface area contributed by atoms with E-state index in [1.165, 1.54) is 4.68 Å². The van der Waals surface area contributed by atoms with Crippen LogP contribution in [0.15, 0.2) is 67.0 Å². The van der Waals surface area contributed by atoms with Gasteiger partial charge in [0.2, 0.25) is 29.7 Å². The molecule has 25 nitrogen and oxygen atoms in total. The van der Waals surface area contributed by atoms with Crippen LogP contribution < -0.4 is 26.6 Å². The molecule has 2 fully saturated rings. The average Bonchev–Trinajstić information content (AvgIpc) is 4.25. The van der Waals surface area contributed by atoms with Crippen molar-refractivity contribution in [3.8, 4) is 18.1 Å². The van der Waals surface area contributed by atoms with Crippen molar-refractivity contribution < 1.29 is 38.8 Å². The zero-order valence-corrected chi connectivity index (χ0v) is 45.5. The number of hydrogen-bond acceptors (Lipinski definition) is 19. The lowest BCUT2D eigenvalue weighted by Crippen LogP contribution is -2.52. The maximum absolute atomic E-state index is 14.7. The molecule has 0 radical (unpaired) electrons. The lowest BCUT2D eigenvalue weighted by molar-refractivity contribution is -0.139. The Kier molecular flexibility index (Phi) is 21.7. The molecule has 8 rings (SSSR count). The number of terminal acetylenes is 1. The highest BCUT2D eigenvalue weighted by atomic mass is 35.5. The number of phenolic OH excluding ortho intramolecular Hbond substituents is 1. The molecular weight excluding hydrogens is 1040 g/mol. The molecule has 2 saturated heterocycles. The van der Waals surface area contributed by atoms with Gasteiger partial charge in [-0.3, -0.25) is 14.4 Å². The molecule has 0 aliphatic carbocycles. The summed E-state index contributed by atoms with van der Waals surface area (Å²) in [6.07, 6.45) is 9.99. The van der Waals surface area contributed by atoms with Gasteiger partial charge < -0.3 is 65.8 Å². The van der Waals surface area contributed by atoms with Crippen molar-refractivity contribution in [1.29, 1.82) is 0 Å². The van der Waals surface area contributed by atoms with Gasteiger partial charge in [-0.1, -0.05) is 66.9 Å². The topological polar surface area (TPSA) is 312 Å². The van der Waals surface area contributed by atoms with Crippen LogP contribution in [0.4, 0.5) is 17.8 Å². The summed E-state index contributed by atoms with van der Waals surface area (Å²) in [6.45, 7) is 9.59. The third kappa shape index (κ3) is 16.1. The van der Waals surface area contributed by atoms with Gasteiger partial charge in [-0.05, 0) is 54.0 Å². The number of phenols is 1. The number of aromatic amines is 1. The number of nitrogens with two attached hydrogens (primary N) is 2. The Morgan fingerprint density at radius 2 is 1.35 bits per heavy atom. The van der Waals surface area contributed by atoms with E-state index in [2.05, 4.69) is 56.8 Å². The van der Waals surface area contributed by atoms with E-state index in [-0.39, 0.29) is 74.5 Å². The average molecular weight is 1110 g/mol. The molecular formula is C53H72ClN17O8. The molecule has 0 saturated carbocycles. The quantitative estimate of drug-likeness (QED) is 0.0304. The van der Waals surface area contributed by atoms with Crippen LogP contribution in [-0.2, 0) is 41.4 Å². The minimum Gasteiger partial charge on any atom is -0.508 e. The van der Waals surface area contributed by atoms with E-state index >= 15 is 0 Å². The highest BCUT2D eigenvalue weighted by Crippen LogP contribution is 2.27. The van der Waals surface area contributed by atoms with Gasteiger partial charge in [0.1, 0.15) is 24.4 Å². The Labute approximate surface area is 464 Å². The number of carbonyl (C=O) groups excluding carboxylic acids is 2. The molecule has 6 heterocycles. The molecule has 26 heteroatoms. The predicted octanol–water partition coefficient (Wildman–Crippen LogP) is 2.93. The number of carboxylic acid groups (broad SMARTS) is 1. The number of hydrogen-bond donors (Lipinski definition) is 6. The van der Waals surface area contributed by atoms with Gasteiger partial charge in [0.05, 0.1) is 68.9 Å². The number of carbonyl (C=O) groups is 3. The maximum atomic E-state index is 14.7. The number of aliphatic carboxylic acids is 1. The number of nitrogens with zero attached hydrogens (tertiary/aromatic N) is 13. The van der Waals surface area contributed by atoms with E-state index in [0.717, 1.165) is 28.6 Å². The predicted molar refractivity (Wildman–Crippen MR) is 297 cm³/mol. The van der Waals surface area contributed by atoms with E-state index in [0.29, 0.717) is 121 Å². The number of fused-ring (bicyclic) bond motifs is 1. The fourth-order valence-electron chi connectivity index (χ4n) is 9.32. The summed E-state index contributed by atoms with van der Waals surface area (Å²) in [6, 6.07) is 14.2. The van der Waals surface area contributed by atoms with E-state index in [9.17, 15) is 24.6 Å². The van der Waals surface area contributed by atoms with Crippen LogP contribution in [0.1, 0.15) is 79.9 Å². The summed E-state index contributed by atoms with van der Waals surface area (Å²) in [5.41, 5.74) is 16.9. The smallest absolute Gasteiger partial charge is 0.303 e. The monoisotopic (exact) mass is 1110 g/mol. The van der Waals surface area contributed by atoms with Crippen LogP contribution in [0.2, 0.25) is 0 Å². The number of piperazine rings is 2. The van der Waals surface area contributed by atoms with Crippen molar-refractivity contribution in [1.82, 2.24) is 59.7 Å². The second kappa shape index (κ2) is 28.9. The fourth-order valence-corrected chi connectivity index (χ4v) is 9.32. The van der Waals surface area contributed by atoms with Crippen LogP contribution in [-0.4, -0.2) is 186 Å². The third-order valence-corrected chi connectivity index (χ3v) is 14.1. The first-order valence-corrected chi connectivity index (χ1v) is 26.5. The molecule has 2 aliphatic rings. The van der Waals surface area contributed by atoms with Crippen LogP contribution in [0, 0.1) is 18.3 Å². The van der Waals surface area contributed by atoms with Crippen molar-refractivity contribution in [3.05, 3.63) is 89.6 Å². The number of halogens is 1. The SMILES string of the molecule is C#CCOCCOCCOCCNc1nc(N2CCN(C(=O)[C@@H](Cc3cc4ccccc4[nH]3)n3cc(C(N)[C@H](C)CC)nn3)CC2)nc(N2CCN(C(=O)[C@H](CCC(=O)O)n3cc(C(N)Cc4ccc(O)cc4)nn3)CC2)n1.Cl. The highest BCUT2D eigenvalue weighted by molar-refractivity contribution is 5.85. The van der Waals surface area contributed by atoms with Gasteiger partial charge in [0.15, 0.2) is 0 Å². The Bertz CT molecular complexity index is 2900. The van der Waals surface area contributed by atoms with Gasteiger partial charge in [-0.2, -0.15) is 15.0 Å². The molecule has 2 unspecified atom stereocenters. The number of amides is 2. The molecule has 2 amide bonds. The molecule has 2 aliphatic heterocycles. The van der Waals surface area contributed by atoms with Gasteiger partial charge in [-0.25, -0.2) is 9.36 Å². The fraction of sp³-hybridized carbons (Fsp3) is 0.509. The van der Waals surface area contributed by atoms with Gasteiger partial charge in [0.25, 0.3) is 0 Å². The molecule has 79 heavy (non-hydrogen) atoms. The van der Waals surface area contributed by atoms with Crippen LogP contribution in [0.5, 0.6) is 5.75 Å². The highest BCUT2D eigenvalue weighted by Gasteiger charge is 2.34. The Hall–Kier alpha value is -7.47. The van der Waals surface area contributed by atoms with E-state index < -0.39 is 24.1 Å². The van der Waals surface area contributed by atoms with Crippen LogP contribution in [0.3, 0.4) is 0 Å². The summed E-state index contributed by atoms with van der Waals surface area (Å²) < 4.78 is 19.6. The summed E-state index contributed by atoms with van der Waals surface area (Å²) in [5.74, 6) is 2.44. The summed E-state index contributed by atoms with van der Waals surface area (Å²) in [5, 5.41) is 41.1. The third-order valence-electron chi connectivity index (χ3n) is 14.1. The van der Waals surface area contributed by atoms with Crippen LogP contribution in [0.25, 0.3) is 10.9 Å². The number of carboxylic acids is 1. The van der Waals surface area contributed by atoms with Crippen molar-refractivity contribution >= 4 is 58.9 Å². The molecule has 2 aromatic carbocycles. The molecule has 424 valence electrons. The first-order valence-electron chi connectivity index (χ1n) is 26.5. The molecule has 4 aromatic heterocycles. The number of nitrogens with one attached hydrogen (secondary N) is 2. The molecule has 0 bridgehead atoms. The van der Waals surface area contributed by atoms with Crippen molar-refractivity contribution in [2.45, 2.75) is 70.1 Å². The first kappa shape index (κ1) is 59.2. The minimum atomic E-state index is -1.04. The Morgan fingerprint density at radius 3 is 1.97 bits per heavy atom. The number of benzene rings is 2. The van der Waals surface area contributed by atoms with Crippen molar-refractivity contribution in [2.75, 3.05) is 114 Å². The molecule has 6 aromatic rings. The Morgan fingerprint density at radius 1 is 0.772 bits per heavy atom. The van der Waals surface area contributed by atoms with Crippen LogP contribution >= 0.6 is 12.4 Å². The molecule has 5 atom stereocenters. The number of H-pyrrole nitrogens is 1. The van der Waals surface area contributed by atoms with Gasteiger partial charge in [0, 0.05) is 83.0 Å². The Balaban J connectivity index is 0.00000903. The summed E-state index contributed by atoms with van der Waals surface area (Å²) in [7, 11) is 0. The van der Waals surface area contributed by atoms with Gasteiger partial charge in [-0.15, -0.1) is 29.0 Å². The number of anilines is 3. The van der Waals surface area contributed by atoms with E-state index in [1.54, 1.807) is 46.2 Å². The summed E-state index contributed by atoms with van der Waals surface area (Å²) in [4.78, 5) is 66.4. The van der Waals surface area contributed by atoms with E-state index in [4.69, 9.17) is 47.1 Å². The standard InChI is InChI=1S/C53H71N17O8.ClH/c1-4-25-76-27-29-78-30-28-77-26-16-56-51-58-52(67-21-17-65(18-22-67)49(74)45(14-15-47(72)73)69-34-43(61-63-69)41(54)31-37-10-12-40(71)13-11-37)60-53(59-51)68-23-19-66(20-24-68)50(75)46(33-39-32-38-8-6-7-9-42(38)57-39)70-35-44(62-64-70)48(55)36(3)5-2;/h1,6-13,32,34-36,41,45-46,48,57,71H,5,14-31,33,54-55H2,2-3H3,(H,72,73)(H,56,58,59,60);1H/t36-,41?,45+,46-,48?;/m1./s1. The number of aromatic hydroxyl groups is 1. The number of rotatable bonds is 28. The van der Waals surface area contributed by atoms with E-state index in [1.807, 2.05) is 39.0 Å². The summed E-state index contributed by atoms with van der Waals surface area (Å²) >= 11 is 0. The maximum Gasteiger partial charge on any atom is 0.303 e. The van der Waals surface area contributed by atoms with Crippen molar-refractivity contribution in [2.24, 2.45) is 17.4 Å². The number of ether oxygens (including phenoxy) is 3. The lowest BCUT2D eigenvalue weighted by atomic mass is 9.98. The normalized spacial score (nSPS) is 15.7. The largest absolute Gasteiger partial charge is 0.508 e. The van der Waals surface area contributed by atoms with Gasteiger partial charge >= 0.3 is 5.97 Å². The zero-order valence-electron chi connectivity index (χ0n) is 44.7. The number of aromatic nitrogens is 10. The van der Waals surface area contributed by atoms with Crippen molar-refractivity contribution in [3.63, 3.8) is 0 Å². The lowest BCUT2D eigenvalue weighted by Gasteiger charge is -2.38. The minimum absolute atomic E-state index is 0.